The van der Waals surface area contributed by atoms with Crippen molar-refractivity contribution >= 4 is 5.97 Å². The quantitative estimate of drug-likeness (QED) is 0.657. The molecule has 0 saturated heterocycles. The summed E-state index contributed by atoms with van der Waals surface area (Å²) < 4.78 is 0. The number of carbonyl (C=O) groups is 1. The molecule has 4 rings (SSSR count). The van der Waals surface area contributed by atoms with Gasteiger partial charge in [0.2, 0.25) is 0 Å². The van der Waals surface area contributed by atoms with Crippen LogP contribution in [-0.2, 0) is 25.8 Å². The van der Waals surface area contributed by atoms with Crippen LogP contribution in [0.25, 0.3) is 0 Å². The van der Waals surface area contributed by atoms with Gasteiger partial charge in [-0.15, -0.1) is 0 Å². The van der Waals surface area contributed by atoms with Crippen molar-refractivity contribution in [3.63, 3.8) is 0 Å². The van der Waals surface area contributed by atoms with Crippen LogP contribution in [0.3, 0.4) is 0 Å². The summed E-state index contributed by atoms with van der Waals surface area (Å²) in [5, 5.41) is 8.85. The van der Waals surface area contributed by atoms with E-state index in [1.54, 1.807) is 0 Å². The van der Waals surface area contributed by atoms with E-state index in [4.69, 9.17) is 14.9 Å². The molecule has 0 radical (unpaired) electrons. The van der Waals surface area contributed by atoms with Crippen molar-refractivity contribution in [2.45, 2.75) is 31.0 Å². The first-order valence-corrected chi connectivity index (χ1v) is 5.95. The summed E-state index contributed by atoms with van der Waals surface area (Å²) in [6, 6.07) is 7.85. The summed E-state index contributed by atoms with van der Waals surface area (Å²) in [5.74, 6) is -0.835. The number of benzene rings is 1. The van der Waals surface area contributed by atoms with Gasteiger partial charge in [-0.3, -0.25) is 4.79 Å². The van der Waals surface area contributed by atoms with Gasteiger partial charge in [-0.1, -0.05) is 24.3 Å². The third kappa shape index (κ3) is 1.50. The van der Waals surface area contributed by atoms with Crippen molar-refractivity contribution in [2.75, 3.05) is 0 Å². The average Bonchev–Trinajstić information content (AvgIpc) is 2.39. The molecule has 1 N–H and O–H groups in total. The second kappa shape index (κ2) is 3.67. The minimum Gasteiger partial charge on any atom is -0.481 e. The summed E-state index contributed by atoms with van der Waals surface area (Å²) in [4.78, 5) is 21.7. The Morgan fingerprint density at radius 1 is 1.22 bits per heavy atom. The van der Waals surface area contributed by atoms with Gasteiger partial charge in [-0.25, -0.2) is 9.78 Å². The van der Waals surface area contributed by atoms with E-state index < -0.39 is 17.2 Å². The van der Waals surface area contributed by atoms with Gasteiger partial charge in [0.05, 0.1) is 0 Å². The third-order valence-electron chi connectivity index (χ3n) is 3.66. The van der Waals surface area contributed by atoms with Crippen molar-refractivity contribution < 1.29 is 19.7 Å². The second-order valence-corrected chi connectivity index (χ2v) is 4.94. The van der Waals surface area contributed by atoms with Crippen LogP contribution in [0.5, 0.6) is 0 Å². The third-order valence-corrected chi connectivity index (χ3v) is 3.66. The van der Waals surface area contributed by atoms with E-state index >= 15 is 0 Å². The van der Waals surface area contributed by atoms with Crippen LogP contribution in [-0.4, -0.2) is 11.1 Å². The molecule has 4 heteroatoms. The van der Waals surface area contributed by atoms with Gasteiger partial charge in [0, 0.05) is 6.42 Å². The molecule has 94 valence electrons. The van der Waals surface area contributed by atoms with Gasteiger partial charge >= 0.3 is 5.97 Å². The lowest BCUT2D eigenvalue weighted by Gasteiger charge is -2.46. The second-order valence-electron chi connectivity index (χ2n) is 4.94. The van der Waals surface area contributed by atoms with Crippen molar-refractivity contribution in [2.24, 2.45) is 0 Å². The van der Waals surface area contributed by atoms with E-state index in [0.717, 1.165) is 11.1 Å². The normalized spacial score (nSPS) is 32.3. The van der Waals surface area contributed by atoms with E-state index in [0.29, 0.717) is 6.42 Å². The van der Waals surface area contributed by atoms with Gasteiger partial charge in [0.25, 0.3) is 0 Å². The minimum absolute atomic E-state index is 0.0404. The first kappa shape index (κ1) is 11.4. The monoisotopic (exact) mass is 246 g/mol. The molecule has 0 saturated carbocycles. The molecule has 3 aliphatic rings. The van der Waals surface area contributed by atoms with Crippen LogP contribution in [0.15, 0.2) is 36.4 Å². The molecule has 0 fully saturated rings. The number of aliphatic carboxylic acids is 1. The highest BCUT2D eigenvalue weighted by Gasteiger charge is 2.49. The van der Waals surface area contributed by atoms with E-state index in [-0.39, 0.29) is 6.42 Å². The Kier molecular flexibility index (Phi) is 2.33. The Hall–Kier alpha value is -1.65. The first-order chi connectivity index (χ1) is 8.56. The molecule has 0 aromatic heterocycles. The number of carboxylic acids is 1. The number of fused-ring (bicyclic) bond motifs is 1. The highest BCUT2D eigenvalue weighted by molar-refractivity contribution is 5.67. The van der Waals surface area contributed by atoms with E-state index in [9.17, 15) is 4.79 Å². The Balaban J connectivity index is 2.06. The molecule has 1 aromatic carbocycles. The fourth-order valence-corrected chi connectivity index (χ4v) is 2.62. The zero-order valence-corrected chi connectivity index (χ0v) is 10.1. The fraction of sp³-hybridized carbons (Fsp3) is 0.357. The molecule has 2 atom stereocenters. The summed E-state index contributed by atoms with van der Waals surface area (Å²) in [5.41, 5.74) is 0.723. The van der Waals surface area contributed by atoms with Crippen LogP contribution < -0.4 is 0 Å². The smallest absolute Gasteiger partial charge is 0.303 e. The molecule has 1 aliphatic carbocycles. The van der Waals surface area contributed by atoms with Crippen LogP contribution in [0.4, 0.5) is 0 Å². The Bertz CT molecular complexity index is 536. The first-order valence-electron chi connectivity index (χ1n) is 5.95. The molecule has 4 nitrogen and oxygen atoms in total. The van der Waals surface area contributed by atoms with Crippen LogP contribution in [0.2, 0.25) is 0 Å². The van der Waals surface area contributed by atoms with Gasteiger partial charge < -0.3 is 5.11 Å². The molecule has 1 aromatic rings. The molecule has 0 spiro atoms. The highest BCUT2D eigenvalue weighted by Crippen LogP contribution is 2.50. The topological polar surface area (TPSA) is 55.8 Å². The average molecular weight is 246 g/mol. The number of hydrogen-bond donors (Lipinski definition) is 1. The Labute approximate surface area is 105 Å². The number of hydrogen-bond acceptors (Lipinski definition) is 3. The van der Waals surface area contributed by atoms with Crippen LogP contribution in [0, 0.1) is 0 Å². The van der Waals surface area contributed by atoms with Crippen molar-refractivity contribution in [3.8, 4) is 0 Å². The predicted molar refractivity (Wildman–Crippen MR) is 63.7 cm³/mol. The van der Waals surface area contributed by atoms with E-state index in [1.165, 1.54) is 0 Å². The van der Waals surface area contributed by atoms with Crippen molar-refractivity contribution in [1.29, 1.82) is 0 Å². The summed E-state index contributed by atoms with van der Waals surface area (Å²) in [6.07, 6.45) is 4.27. The zero-order chi connectivity index (χ0) is 12.8. The molecule has 0 amide bonds. The van der Waals surface area contributed by atoms with Crippen molar-refractivity contribution in [3.05, 3.63) is 47.5 Å². The molecule has 2 bridgehead atoms. The highest BCUT2D eigenvalue weighted by atomic mass is 17.2. The number of rotatable bonds is 3. The minimum atomic E-state index is -0.835. The van der Waals surface area contributed by atoms with Crippen molar-refractivity contribution in [1.82, 2.24) is 0 Å². The Morgan fingerprint density at radius 3 is 2.56 bits per heavy atom. The summed E-state index contributed by atoms with van der Waals surface area (Å²) >= 11 is 0. The van der Waals surface area contributed by atoms with Gasteiger partial charge in [-0.2, -0.15) is 0 Å². The van der Waals surface area contributed by atoms with Crippen LogP contribution in [0.1, 0.15) is 30.9 Å². The van der Waals surface area contributed by atoms with E-state index in [1.807, 2.05) is 43.3 Å². The largest absolute Gasteiger partial charge is 0.481 e. The van der Waals surface area contributed by atoms with Gasteiger partial charge in [-0.05, 0) is 36.6 Å². The lowest BCUT2D eigenvalue weighted by atomic mass is 9.74. The van der Waals surface area contributed by atoms with Crippen LogP contribution >= 0.6 is 0 Å². The Morgan fingerprint density at radius 2 is 1.94 bits per heavy atom. The van der Waals surface area contributed by atoms with Gasteiger partial charge in [0.15, 0.2) is 0 Å². The predicted octanol–water partition coefficient (Wildman–Crippen LogP) is 2.49. The van der Waals surface area contributed by atoms with Gasteiger partial charge in [0.1, 0.15) is 11.2 Å². The maximum atomic E-state index is 10.8. The molecule has 18 heavy (non-hydrogen) atoms. The molecule has 2 heterocycles. The van der Waals surface area contributed by atoms with E-state index in [2.05, 4.69) is 0 Å². The lowest BCUT2D eigenvalue weighted by Crippen LogP contribution is -2.45. The molecular formula is C14H14O4. The number of carboxylic acid groups (broad SMARTS) is 1. The lowest BCUT2D eigenvalue weighted by molar-refractivity contribution is -0.420. The maximum Gasteiger partial charge on any atom is 0.303 e. The SMILES string of the molecule is CC12C=CC(CCC(=O)O)(OO1)c1ccccc12. The maximum absolute atomic E-state index is 10.8. The molecule has 2 aliphatic heterocycles. The molecule has 2 unspecified atom stereocenters. The molecular weight excluding hydrogens is 232 g/mol. The fourth-order valence-electron chi connectivity index (χ4n) is 2.62. The summed E-state index contributed by atoms with van der Waals surface area (Å²) in [7, 11) is 0. The summed E-state index contributed by atoms with van der Waals surface area (Å²) in [6.45, 7) is 1.93. The zero-order valence-electron chi connectivity index (χ0n) is 10.1. The standard InChI is InChI=1S/C14H14O4/c1-13-8-9-14(18-17-13,7-6-12(15)16)11-5-3-2-4-10(11)13/h2-5,8-9H,6-7H2,1H3,(H,15,16).